The van der Waals surface area contributed by atoms with Gasteiger partial charge in [0, 0.05) is 23.6 Å². The first-order valence-corrected chi connectivity index (χ1v) is 8.51. The number of nitrogens with zero attached hydrogens (tertiary/aromatic N) is 3. The molecule has 0 atom stereocenters. The number of aryl methyl sites for hydroxylation is 2. The number of aromatic nitrogens is 3. The van der Waals surface area contributed by atoms with Crippen LogP contribution in [0.1, 0.15) is 18.1 Å². The third kappa shape index (κ3) is 2.76. The van der Waals surface area contributed by atoms with E-state index in [2.05, 4.69) is 58.9 Å². The van der Waals surface area contributed by atoms with Crippen molar-refractivity contribution < 1.29 is 0 Å². The summed E-state index contributed by atoms with van der Waals surface area (Å²) in [6.07, 6.45) is 6.49. The van der Waals surface area contributed by atoms with Gasteiger partial charge < -0.3 is 5.32 Å². The second kappa shape index (κ2) is 6.40. The van der Waals surface area contributed by atoms with Crippen LogP contribution < -0.4 is 5.32 Å². The van der Waals surface area contributed by atoms with Crippen LogP contribution >= 0.6 is 0 Å². The summed E-state index contributed by atoms with van der Waals surface area (Å²) in [6, 6.07) is 16.7. The minimum atomic E-state index is 0.829. The van der Waals surface area contributed by atoms with E-state index in [0.29, 0.717) is 0 Å². The maximum absolute atomic E-state index is 4.80. The van der Waals surface area contributed by atoms with Gasteiger partial charge in [0.15, 0.2) is 5.65 Å². The zero-order valence-electron chi connectivity index (χ0n) is 14.4. The monoisotopic (exact) mass is 328 g/mol. The Morgan fingerprint density at radius 3 is 2.68 bits per heavy atom. The van der Waals surface area contributed by atoms with Crippen LogP contribution in [0.3, 0.4) is 0 Å². The minimum absolute atomic E-state index is 0.829. The summed E-state index contributed by atoms with van der Waals surface area (Å²) in [5.74, 6) is 0.965. The molecule has 0 bridgehead atoms. The number of anilines is 2. The first-order chi connectivity index (χ1) is 12.3. The average Bonchev–Trinajstić information content (AvgIpc) is 3.03. The Hall–Kier alpha value is -3.14. The molecule has 0 unspecified atom stereocenters. The fourth-order valence-corrected chi connectivity index (χ4v) is 3.14. The highest BCUT2D eigenvalue weighted by Gasteiger charge is 2.16. The average molecular weight is 328 g/mol. The third-order valence-corrected chi connectivity index (χ3v) is 4.46. The molecule has 0 radical (unpaired) electrons. The molecule has 0 fully saturated rings. The van der Waals surface area contributed by atoms with E-state index < -0.39 is 0 Å². The lowest BCUT2D eigenvalue weighted by atomic mass is 10.1. The summed E-state index contributed by atoms with van der Waals surface area (Å²) >= 11 is 0. The first kappa shape index (κ1) is 15.4. The summed E-state index contributed by atoms with van der Waals surface area (Å²) in [5, 5.41) is 3.65. The first-order valence-electron chi connectivity index (χ1n) is 8.51. The van der Waals surface area contributed by atoms with Crippen LogP contribution in [0.25, 0.3) is 16.9 Å². The summed E-state index contributed by atoms with van der Waals surface area (Å²) < 4.78 is 2.06. The van der Waals surface area contributed by atoms with Crippen LogP contribution in [0.15, 0.2) is 67.1 Å². The SMILES string of the molecule is CCc1cccc(C)c1Nc1c(-c2ccccc2)nc2cnccn12. The van der Waals surface area contributed by atoms with Gasteiger partial charge >= 0.3 is 0 Å². The molecule has 0 saturated heterocycles. The summed E-state index contributed by atoms with van der Waals surface area (Å²) in [6.45, 7) is 4.31. The maximum Gasteiger partial charge on any atom is 0.157 e. The second-order valence-electron chi connectivity index (χ2n) is 6.07. The minimum Gasteiger partial charge on any atom is -0.339 e. The predicted molar refractivity (Wildman–Crippen MR) is 102 cm³/mol. The molecular formula is C21H20N4. The van der Waals surface area contributed by atoms with Crippen molar-refractivity contribution in [3.8, 4) is 11.3 Å². The highest BCUT2D eigenvalue weighted by atomic mass is 15.1. The van der Waals surface area contributed by atoms with Crippen LogP contribution in [0.4, 0.5) is 11.5 Å². The molecule has 0 aliphatic heterocycles. The smallest absolute Gasteiger partial charge is 0.157 e. The standard InChI is InChI=1S/C21H20N4/c1-3-16-11-7-8-15(2)19(16)24-21-20(17-9-5-4-6-10-17)23-18-14-22-12-13-25(18)21/h4-14,24H,3H2,1-2H3. The Morgan fingerprint density at radius 2 is 1.88 bits per heavy atom. The number of fused-ring (bicyclic) bond motifs is 1. The van der Waals surface area contributed by atoms with E-state index in [-0.39, 0.29) is 0 Å². The normalized spacial score (nSPS) is 11.0. The molecule has 2 heterocycles. The van der Waals surface area contributed by atoms with Crippen molar-refractivity contribution in [3.05, 3.63) is 78.2 Å². The number of benzene rings is 2. The molecule has 0 aliphatic rings. The Kier molecular flexibility index (Phi) is 3.94. The van der Waals surface area contributed by atoms with E-state index in [1.165, 1.54) is 11.1 Å². The summed E-state index contributed by atoms with van der Waals surface area (Å²) in [5.41, 5.74) is 6.51. The molecule has 2 aromatic carbocycles. The van der Waals surface area contributed by atoms with Gasteiger partial charge in [0.2, 0.25) is 0 Å². The van der Waals surface area contributed by atoms with Crippen LogP contribution in [-0.4, -0.2) is 14.4 Å². The zero-order valence-corrected chi connectivity index (χ0v) is 14.4. The van der Waals surface area contributed by atoms with Crippen molar-refractivity contribution in [2.24, 2.45) is 0 Å². The number of rotatable bonds is 4. The Bertz CT molecular complexity index is 1020. The number of hydrogen-bond acceptors (Lipinski definition) is 3. The van der Waals surface area contributed by atoms with Crippen molar-refractivity contribution >= 4 is 17.2 Å². The van der Waals surface area contributed by atoms with Gasteiger partial charge in [-0.15, -0.1) is 0 Å². The zero-order chi connectivity index (χ0) is 17.2. The lowest BCUT2D eigenvalue weighted by Crippen LogP contribution is -2.02. The molecule has 0 amide bonds. The van der Waals surface area contributed by atoms with Gasteiger partial charge in [-0.1, -0.05) is 55.5 Å². The fraction of sp³-hybridized carbons (Fsp3) is 0.143. The van der Waals surface area contributed by atoms with Gasteiger partial charge in [0.1, 0.15) is 11.5 Å². The molecule has 0 saturated carbocycles. The van der Waals surface area contributed by atoms with E-state index in [9.17, 15) is 0 Å². The van der Waals surface area contributed by atoms with Crippen molar-refractivity contribution in [1.82, 2.24) is 14.4 Å². The lowest BCUT2D eigenvalue weighted by molar-refractivity contribution is 1.11. The topological polar surface area (TPSA) is 42.2 Å². The van der Waals surface area contributed by atoms with E-state index in [1.54, 1.807) is 12.4 Å². The number of nitrogens with one attached hydrogen (secondary N) is 1. The van der Waals surface area contributed by atoms with Gasteiger partial charge in [-0.2, -0.15) is 0 Å². The van der Waals surface area contributed by atoms with Gasteiger partial charge in [-0.05, 0) is 24.5 Å². The maximum atomic E-state index is 4.80. The van der Waals surface area contributed by atoms with Crippen LogP contribution in [0, 0.1) is 6.92 Å². The predicted octanol–water partition coefficient (Wildman–Crippen LogP) is 5.01. The fourth-order valence-electron chi connectivity index (χ4n) is 3.14. The van der Waals surface area contributed by atoms with E-state index in [4.69, 9.17) is 4.98 Å². The number of hydrogen-bond donors (Lipinski definition) is 1. The van der Waals surface area contributed by atoms with Gasteiger partial charge in [0.25, 0.3) is 0 Å². The van der Waals surface area contributed by atoms with Crippen LogP contribution in [0.5, 0.6) is 0 Å². The van der Waals surface area contributed by atoms with Gasteiger partial charge in [0.05, 0.1) is 6.20 Å². The quantitative estimate of drug-likeness (QED) is 0.572. The molecule has 25 heavy (non-hydrogen) atoms. The van der Waals surface area contributed by atoms with Crippen molar-refractivity contribution in [2.75, 3.05) is 5.32 Å². The molecule has 2 aromatic heterocycles. The molecule has 0 spiro atoms. The molecule has 4 heteroatoms. The molecule has 4 aromatic rings. The molecule has 4 nitrogen and oxygen atoms in total. The molecular weight excluding hydrogens is 308 g/mol. The summed E-state index contributed by atoms with van der Waals surface area (Å²) in [4.78, 5) is 9.01. The highest BCUT2D eigenvalue weighted by Crippen LogP contribution is 2.33. The summed E-state index contributed by atoms with van der Waals surface area (Å²) in [7, 11) is 0. The van der Waals surface area contributed by atoms with Crippen molar-refractivity contribution in [3.63, 3.8) is 0 Å². The Balaban J connectivity index is 1.92. The largest absolute Gasteiger partial charge is 0.339 e. The molecule has 124 valence electrons. The highest BCUT2D eigenvalue weighted by molar-refractivity contribution is 5.80. The van der Waals surface area contributed by atoms with Crippen LogP contribution in [0.2, 0.25) is 0 Å². The molecule has 1 N–H and O–H groups in total. The van der Waals surface area contributed by atoms with Gasteiger partial charge in [-0.3, -0.25) is 9.38 Å². The Labute approximate surface area is 147 Å². The third-order valence-electron chi connectivity index (χ3n) is 4.46. The number of imidazole rings is 1. The van der Waals surface area contributed by atoms with E-state index >= 15 is 0 Å². The molecule has 4 rings (SSSR count). The van der Waals surface area contributed by atoms with E-state index in [0.717, 1.165) is 34.8 Å². The lowest BCUT2D eigenvalue weighted by Gasteiger charge is -2.15. The van der Waals surface area contributed by atoms with Crippen molar-refractivity contribution in [2.45, 2.75) is 20.3 Å². The van der Waals surface area contributed by atoms with Crippen molar-refractivity contribution in [1.29, 1.82) is 0 Å². The number of para-hydroxylation sites is 1. The molecule has 0 aliphatic carbocycles. The Morgan fingerprint density at radius 1 is 1.04 bits per heavy atom. The second-order valence-corrected chi connectivity index (χ2v) is 6.07. The van der Waals surface area contributed by atoms with Crippen LogP contribution in [-0.2, 0) is 6.42 Å². The van der Waals surface area contributed by atoms with E-state index in [1.807, 2.05) is 24.4 Å². The van der Waals surface area contributed by atoms with Gasteiger partial charge in [-0.25, -0.2) is 4.98 Å².